The van der Waals surface area contributed by atoms with E-state index in [0.29, 0.717) is 6.42 Å². The Hall–Kier alpha value is -1.30. The Bertz CT molecular complexity index is 527. The van der Waals surface area contributed by atoms with Gasteiger partial charge < -0.3 is 0 Å². The molecule has 0 aliphatic rings. The fourth-order valence-electron chi connectivity index (χ4n) is 2.03. The molecule has 2 heterocycles. The van der Waals surface area contributed by atoms with E-state index in [1.54, 1.807) is 12.4 Å². The van der Waals surface area contributed by atoms with Crippen molar-refractivity contribution in [1.29, 1.82) is 0 Å². The summed E-state index contributed by atoms with van der Waals surface area (Å²) in [7, 11) is 0. The molecule has 5 heteroatoms. The van der Waals surface area contributed by atoms with Gasteiger partial charge in [-0.1, -0.05) is 13.0 Å². The van der Waals surface area contributed by atoms with Crippen molar-refractivity contribution >= 4 is 15.9 Å². The molecule has 1 atom stereocenters. The highest BCUT2D eigenvalue weighted by Gasteiger charge is 2.15. The fourth-order valence-corrected chi connectivity index (χ4v) is 2.27. The van der Waals surface area contributed by atoms with Gasteiger partial charge in [-0.3, -0.25) is 21.2 Å². The van der Waals surface area contributed by atoms with Crippen molar-refractivity contribution < 1.29 is 0 Å². The zero-order chi connectivity index (χ0) is 13.7. The Kier molecular flexibility index (Phi) is 5.01. The first-order valence-corrected chi connectivity index (χ1v) is 7.04. The van der Waals surface area contributed by atoms with E-state index in [-0.39, 0.29) is 6.04 Å². The number of hydrogen-bond donors (Lipinski definition) is 2. The van der Waals surface area contributed by atoms with E-state index in [1.807, 2.05) is 18.2 Å². The maximum atomic E-state index is 5.68. The number of nitrogens with one attached hydrogen (secondary N) is 1. The molecular formula is C14H17BrN4. The molecule has 19 heavy (non-hydrogen) atoms. The molecule has 0 aromatic carbocycles. The number of aryl methyl sites for hydroxylation is 1. The van der Waals surface area contributed by atoms with Crippen LogP contribution in [0.15, 0.2) is 41.1 Å². The van der Waals surface area contributed by atoms with E-state index in [1.165, 1.54) is 5.56 Å². The average Bonchev–Trinajstić information content (AvgIpc) is 2.46. The Labute approximate surface area is 121 Å². The molecular weight excluding hydrogens is 304 g/mol. The van der Waals surface area contributed by atoms with Crippen LogP contribution >= 0.6 is 15.9 Å². The smallest absolute Gasteiger partial charge is 0.0690 e. The molecule has 0 bridgehead atoms. The first-order valence-electron chi connectivity index (χ1n) is 6.25. The minimum absolute atomic E-state index is 0.0233. The summed E-state index contributed by atoms with van der Waals surface area (Å²) in [5.74, 6) is 5.68. The second-order valence-corrected chi connectivity index (χ2v) is 5.21. The Morgan fingerprint density at radius 2 is 2.16 bits per heavy atom. The topological polar surface area (TPSA) is 63.8 Å². The van der Waals surface area contributed by atoms with E-state index >= 15 is 0 Å². The molecule has 0 saturated heterocycles. The van der Waals surface area contributed by atoms with Crippen LogP contribution < -0.4 is 11.3 Å². The summed E-state index contributed by atoms with van der Waals surface area (Å²) >= 11 is 3.38. The number of halogens is 1. The zero-order valence-electron chi connectivity index (χ0n) is 10.8. The van der Waals surface area contributed by atoms with Gasteiger partial charge >= 0.3 is 0 Å². The number of rotatable bonds is 5. The minimum Gasteiger partial charge on any atom is -0.271 e. The number of nitrogens with zero attached hydrogens (tertiary/aromatic N) is 2. The average molecular weight is 321 g/mol. The van der Waals surface area contributed by atoms with Gasteiger partial charge in [-0.2, -0.15) is 0 Å². The number of nitrogens with two attached hydrogens (primary N) is 1. The lowest BCUT2D eigenvalue weighted by Gasteiger charge is -2.17. The molecule has 2 aromatic heterocycles. The Morgan fingerprint density at radius 1 is 1.32 bits per heavy atom. The van der Waals surface area contributed by atoms with Crippen LogP contribution in [0, 0.1) is 0 Å². The lowest BCUT2D eigenvalue weighted by atomic mass is 10.0. The van der Waals surface area contributed by atoms with Crippen LogP contribution in [0.2, 0.25) is 0 Å². The molecule has 4 nitrogen and oxygen atoms in total. The third-order valence-corrected chi connectivity index (χ3v) is 3.51. The maximum absolute atomic E-state index is 5.68. The van der Waals surface area contributed by atoms with Gasteiger partial charge in [-0.25, -0.2) is 0 Å². The second kappa shape index (κ2) is 6.75. The number of hydrazine groups is 1. The monoisotopic (exact) mass is 320 g/mol. The molecule has 0 aliphatic heterocycles. The molecule has 0 saturated carbocycles. The van der Waals surface area contributed by atoms with Crippen molar-refractivity contribution in [3.05, 3.63) is 58.1 Å². The van der Waals surface area contributed by atoms with Gasteiger partial charge in [0.15, 0.2) is 0 Å². The number of pyridine rings is 2. The highest BCUT2D eigenvalue weighted by atomic mass is 79.9. The molecule has 3 N–H and O–H groups in total. The van der Waals surface area contributed by atoms with Gasteiger partial charge in [0.25, 0.3) is 0 Å². The van der Waals surface area contributed by atoms with Crippen molar-refractivity contribution in [1.82, 2.24) is 15.4 Å². The van der Waals surface area contributed by atoms with Crippen molar-refractivity contribution in [2.75, 3.05) is 0 Å². The lowest BCUT2D eigenvalue weighted by molar-refractivity contribution is 0.528. The van der Waals surface area contributed by atoms with Gasteiger partial charge in [-0.15, -0.1) is 0 Å². The van der Waals surface area contributed by atoms with Gasteiger partial charge in [0, 0.05) is 29.0 Å². The standard InChI is InChI=1S/C14H17BrN4/c1-2-10-4-3-7-17-14(10)13(19-16)8-12-6-5-11(15)9-18-12/h3-7,9,13,19H,2,8,16H2,1H3. The van der Waals surface area contributed by atoms with Crippen molar-refractivity contribution in [3.63, 3.8) is 0 Å². The lowest BCUT2D eigenvalue weighted by Crippen LogP contribution is -2.31. The first-order chi connectivity index (χ1) is 9.24. The third-order valence-electron chi connectivity index (χ3n) is 3.04. The highest BCUT2D eigenvalue weighted by Crippen LogP contribution is 2.19. The van der Waals surface area contributed by atoms with Crippen LogP contribution in [0.4, 0.5) is 0 Å². The van der Waals surface area contributed by atoms with Gasteiger partial charge in [0.05, 0.1) is 11.7 Å². The molecule has 0 spiro atoms. The molecule has 0 fully saturated rings. The van der Waals surface area contributed by atoms with Gasteiger partial charge in [0.2, 0.25) is 0 Å². The summed E-state index contributed by atoms with van der Waals surface area (Å²) in [5.41, 5.74) is 6.04. The van der Waals surface area contributed by atoms with Crippen molar-refractivity contribution in [2.45, 2.75) is 25.8 Å². The normalized spacial score (nSPS) is 12.4. The SMILES string of the molecule is CCc1cccnc1C(Cc1ccc(Br)cn1)NN. The van der Waals surface area contributed by atoms with E-state index in [9.17, 15) is 0 Å². The van der Waals surface area contributed by atoms with Crippen LogP contribution in [0.5, 0.6) is 0 Å². The molecule has 1 unspecified atom stereocenters. The summed E-state index contributed by atoms with van der Waals surface area (Å²) in [6, 6.07) is 7.98. The number of hydrogen-bond acceptors (Lipinski definition) is 4. The third kappa shape index (κ3) is 3.59. The van der Waals surface area contributed by atoms with Crippen LogP contribution in [0.1, 0.15) is 29.9 Å². The van der Waals surface area contributed by atoms with Crippen molar-refractivity contribution in [2.24, 2.45) is 5.84 Å². The molecule has 0 aliphatic carbocycles. The summed E-state index contributed by atoms with van der Waals surface area (Å²) < 4.78 is 0.973. The molecule has 100 valence electrons. The molecule has 2 aromatic rings. The van der Waals surface area contributed by atoms with Crippen LogP contribution in [0.3, 0.4) is 0 Å². The molecule has 0 amide bonds. The fraction of sp³-hybridized carbons (Fsp3) is 0.286. The Balaban J connectivity index is 2.22. The van der Waals surface area contributed by atoms with Gasteiger partial charge in [0.1, 0.15) is 0 Å². The van der Waals surface area contributed by atoms with E-state index in [4.69, 9.17) is 5.84 Å². The first kappa shape index (κ1) is 14.1. The summed E-state index contributed by atoms with van der Waals surface area (Å²) in [4.78, 5) is 8.83. The van der Waals surface area contributed by atoms with Crippen molar-refractivity contribution in [3.8, 4) is 0 Å². The quantitative estimate of drug-likeness (QED) is 0.656. The molecule has 2 rings (SSSR count). The molecule has 0 radical (unpaired) electrons. The largest absolute Gasteiger partial charge is 0.271 e. The van der Waals surface area contributed by atoms with Crippen LogP contribution in [-0.2, 0) is 12.8 Å². The predicted octanol–water partition coefficient (Wildman–Crippen LogP) is 2.55. The summed E-state index contributed by atoms with van der Waals surface area (Å²) in [6.07, 6.45) is 5.25. The van der Waals surface area contributed by atoms with Crippen LogP contribution in [-0.4, -0.2) is 9.97 Å². The number of aromatic nitrogens is 2. The predicted molar refractivity (Wildman–Crippen MR) is 79.3 cm³/mol. The van der Waals surface area contributed by atoms with E-state index in [2.05, 4.69) is 44.3 Å². The van der Waals surface area contributed by atoms with Gasteiger partial charge in [-0.05, 0) is 46.1 Å². The maximum Gasteiger partial charge on any atom is 0.0690 e. The zero-order valence-corrected chi connectivity index (χ0v) is 12.4. The summed E-state index contributed by atoms with van der Waals surface area (Å²) in [5, 5.41) is 0. The van der Waals surface area contributed by atoms with E-state index < -0.39 is 0 Å². The van der Waals surface area contributed by atoms with Crippen LogP contribution in [0.25, 0.3) is 0 Å². The second-order valence-electron chi connectivity index (χ2n) is 4.29. The highest BCUT2D eigenvalue weighted by molar-refractivity contribution is 9.10. The Morgan fingerprint density at radius 3 is 2.79 bits per heavy atom. The summed E-state index contributed by atoms with van der Waals surface area (Å²) in [6.45, 7) is 2.12. The minimum atomic E-state index is -0.0233. The van der Waals surface area contributed by atoms with E-state index in [0.717, 1.165) is 22.3 Å².